The molecule has 104 valence electrons. The molecule has 0 radical (unpaired) electrons. The van der Waals surface area contributed by atoms with Crippen LogP contribution in [0.2, 0.25) is 0 Å². The Labute approximate surface area is 126 Å². The van der Waals surface area contributed by atoms with Gasteiger partial charge in [-0.2, -0.15) is 0 Å². The summed E-state index contributed by atoms with van der Waals surface area (Å²) in [7, 11) is 0. The van der Waals surface area contributed by atoms with E-state index in [-0.39, 0.29) is 5.75 Å². The van der Waals surface area contributed by atoms with Crippen LogP contribution in [0.15, 0.2) is 42.5 Å². The monoisotopic (exact) mass is 295 g/mol. The number of hydrogen-bond donors (Lipinski definition) is 1. The summed E-state index contributed by atoms with van der Waals surface area (Å²) < 4.78 is 6.89. The molecule has 1 aliphatic rings. The number of nitrogens with zero attached hydrogens (tertiary/aromatic N) is 1. The number of aromatic nitrogens is 1. The summed E-state index contributed by atoms with van der Waals surface area (Å²) in [6.07, 6.45) is 2.04. The number of phenols is 1. The molecule has 4 rings (SSSR count). The maximum absolute atomic E-state index is 10.3. The molecule has 4 heteroatoms. The standard InChI is InChI=1S/C17H13NO2S/c1-10-8-9-20-16-11(10)6-7-13(19)15(16)17-18-12-4-2-3-5-14(12)21-17/h2-8,19H,9H2,1H3. The van der Waals surface area contributed by atoms with Crippen LogP contribution in [-0.2, 0) is 0 Å². The van der Waals surface area contributed by atoms with Crippen LogP contribution >= 0.6 is 11.3 Å². The van der Waals surface area contributed by atoms with Gasteiger partial charge in [0.1, 0.15) is 23.1 Å². The van der Waals surface area contributed by atoms with E-state index in [1.165, 1.54) is 5.57 Å². The molecule has 0 fully saturated rings. The van der Waals surface area contributed by atoms with Gasteiger partial charge in [-0.15, -0.1) is 11.3 Å². The third-order valence-electron chi connectivity index (χ3n) is 3.69. The summed E-state index contributed by atoms with van der Waals surface area (Å²) in [5.41, 5.74) is 3.82. The first-order chi connectivity index (χ1) is 10.2. The van der Waals surface area contributed by atoms with Gasteiger partial charge in [0.2, 0.25) is 0 Å². The van der Waals surface area contributed by atoms with Gasteiger partial charge >= 0.3 is 0 Å². The van der Waals surface area contributed by atoms with Gasteiger partial charge in [-0.25, -0.2) is 4.98 Å². The number of rotatable bonds is 1. The maximum atomic E-state index is 10.3. The van der Waals surface area contributed by atoms with Gasteiger partial charge in [-0.05, 0) is 42.8 Å². The molecule has 1 aromatic heterocycles. The average Bonchev–Trinajstić information content (AvgIpc) is 2.90. The van der Waals surface area contributed by atoms with Crippen LogP contribution in [0.3, 0.4) is 0 Å². The summed E-state index contributed by atoms with van der Waals surface area (Å²) in [5, 5.41) is 11.1. The predicted molar refractivity (Wildman–Crippen MR) is 85.9 cm³/mol. The summed E-state index contributed by atoms with van der Waals surface area (Å²) in [5.74, 6) is 0.941. The lowest BCUT2D eigenvalue weighted by molar-refractivity contribution is 0.356. The van der Waals surface area contributed by atoms with Crippen molar-refractivity contribution in [1.29, 1.82) is 0 Å². The molecular formula is C17H13NO2S. The highest BCUT2D eigenvalue weighted by Crippen LogP contribution is 2.46. The van der Waals surface area contributed by atoms with Crippen molar-refractivity contribution in [1.82, 2.24) is 4.98 Å². The largest absolute Gasteiger partial charge is 0.507 e. The van der Waals surface area contributed by atoms with E-state index in [0.717, 1.165) is 26.5 Å². The van der Waals surface area contributed by atoms with E-state index >= 15 is 0 Å². The van der Waals surface area contributed by atoms with E-state index in [1.54, 1.807) is 17.4 Å². The van der Waals surface area contributed by atoms with Gasteiger partial charge in [-0.1, -0.05) is 12.1 Å². The molecule has 0 atom stereocenters. The van der Waals surface area contributed by atoms with Crippen molar-refractivity contribution in [2.75, 3.05) is 6.61 Å². The van der Waals surface area contributed by atoms with E-state index in [4.69, 9.17) is 4.74 Å². The number of thiazole rings is 1. The molecule has 21 heavy (non-hydrogen) atoms. The minimum Gasteiger partial charge on any atom is -0.507 e. The lowest BCUT2D eigenvalue weighted by Gasteiger charge is -2.19. The number of aromatic hydroxyl groups is 1. The molecule has 1 aliphatic heterocycles. The van der Waals surface area contributed by atoms with Crippen LogP contribution in [-0.4, -0.2) is 16.7 Å². The first-order valence-electron chi connectivity index (χ1n) is 6.76. The fourth-order valence-corrected chi connectivity index (χ4v) is 3.59. The first-order valence-corrected chi connectivity index (χ1v) is 7.57. The number of para-hydroxylation sites is 1. The smallest absolute Gasteiger partial charge is 0.141 e. The van der Waals surface area contributed by atoms with Crippen molar-refractivity contribution >= 4 is 27.1 Å². The Bertz CT molecular complexity index is 847. The SMILES string of the molecule is CC1=CCOc2c1ccc(O)c2-c1nc2ccccc2s1. The number of allylic oxidation sites excluding steroid dienone is 1. The van der Waals surface area contributed by atoms with Gasteiger partial charge in [0.15, 0.2) is 0 Å². The summed E-state index contributed by atoms with van der Waals surface area (Å²) in [6.45, 7) is 2.58. The second-order valence-corrected chi connectivity index (χ2v) is 6.05. The minimum atomic E-state index is 0.211. The molecule has 2 heterocycles. The fraction of sp³-hybridized carbons (Fsp3) is 0.118. The van der Waals surface area contributed by atoms with Crippen LogP contribution in [0.25, 0.3) is 26.4 Å². The van der Waals surface area contributed by atoms with E-state index in [9.17, 15) is 5.11 Å². The molecular weight excluding hydrogens is 282 g/mol. The van der Waals surface area contributed by atoms with Crippen LogP contribution < -0.4 is 4.74 Å². The number of hydrogen-bond acceptors (Lipinski definition) is 4. The number of fused-ring (bicyclic) bond motifs is 2. The van der Waals surface area contributed by atoms with Crippen molar-refractivity contribution in [3.05, 3.63) is 48.0 Å². The summed E-state index contributed by atoms with van der Waals surface area (Å²) in [6, 6.07) is 11.6. The molecule has 0 spiro atoms. The van der Waals surface area contributed by atoms with E-state index < -0.39 is 0 Å². The molecule has 0 aliphatic carbocycles. The van der Waals surface area contributed by atoms with E-state index in [1.807, 2.05) is 36.4 Å². The third kappa shape index (κ3) is 1.91. The van der Waals surface area contributed by atoms with E-state index in [0.29, 0.717) is 12.2 Å². The quantitative estimate of drug-likeness (QED) is 0.720. The summed E-state index contributed by atoms with van der Waals surface area (Å²) in [4.78, 5) is 4.64. The molecule has 3 nitrogen and oxygen atoms in total. The van der Waals surface area contributed by atoms with Gasteiger partial charge in [0.25, 0.3) is 0 Å². The van der Waals surface area contributed by atoms with Gasteiger partial charge in [-0.3, -0.25) is 0 Å². The second-order valence-electron chi connectivity index (χ2n) is 5.02. The fourth-order valence-electron chi connectivity index (χ4n) is 2.58. The molecule has 0 amide bonds. The Morgan fingerprint density at radius 1 is 1.19 bits per heavy atom. The molecule has 0 bridgehead atoms. The number of benzene rings is 2. The summed E-state index contributed by atoms with van der Waals surface area (Å²) >= 11 is 1.57. The highest BCUT2D eigenvalue weighted by atomic mass is 32.1. The second kappa shape index (κ2) is 4.60. The zero-order valence-corrected chi connectivity index (χ0v) is 12.3. The normalized spacial score (nSPS) is 13.7. The van der Waals surface area contributed by atoms with Gasteiger partial charge < -0.3 is 9.84 Å². The zero-order valence-electron chi connectivity index (χ0n) is 11.5. The van der Waals surface area contributed by atoms with Gasteiger partial charge in [0.05, 0.1) is 15.8 Å². The Morgan fingerprint density at radius 3 is 2.90 bits per heavy atom. The van der Waals surface area contributed by atoms with Gasteiger partial charge in [0, 0.05) is 5.56 Å². The molecule has 2 aromatic carbocycles. The van der Waals surface area contributed by atoms with Crippen molar-refractivity contribution in [3.8, 4) is 22.1 Å². The van der Waals surface area contributed by atoms with Crippen molar-refractivity contribution in [2.24, 2.45) is 0 Å². The average molecular weight is 295 g/mol. The number of phenolic OH excluding ortho intramolecular Hbond substituents is 1. The van der Waals surface area contributed by atoms with Crippen LogP contribution in [0.5, 0.6) is 11.5 Å². The Morgan fingerprint density at radius 2 is 2.05 bits per heavy atom. The van der Waals surface area contributed by atoms with Crippen molar-refractivity contribution < 1.29 is 9.84 Å². The zero-order chi connectivity index (χ0) is 14.4. The predicted octanol–water partition coefficient (Wildman–Crippen LogP) is 4.46. The maximum Gasteiger partial charge on any atom is 0.141 e. The lowest BCUT2D eigenvalue weighted by Crippen LogP contribution is -2.04. The molecule has 0 unspecified atom stereocenters. The molecule has 3 aromatic rings. The molecule has 0 saturated heterocycles. The Hall–Kier alpha value is -2.33. The highest BCUT2D eigenvalue weighted by Gasteiger charge is 2.22. The molecule has 0 saturated carbocycles. The first kappa shape index (κ1) is 12.4. The van der Waals surface area contributed by atoms with Crippen molar-refractivity contribution in [3.63, 3.8) is 0 Å². The third-order valence-corrected chi connectivity index (χ3v) is 4.74. The van der Waals surface area contributed by atoms with Crippen molar-refractivity contribution in [2.45, 2.75) is 6.92 Å². The Kier molecular flexibility index (Phi) is 2.72. The topological polar surface area (TPSA) is 42.4 Å². The van der Waals surface area contributed by atoms with Crippen LogP contribution in [0.4, 0.5) is 0 Å². The van der Waals surface area contributed by atoms with Crippen LogP contribution in [0.1, 0.15) is 12.5 Å². The molecule has 1 N–H and O–H groups in total. The van der Waals surface area contributed by atoms with E-state index in [2.05, 4.69) is 11.9 Å². The lowest BCUT2D eigenvalue weighted by atomic mass is 10.00. The highest BCUT2D eigenvalue weighted by molar-refractivity contribution is 7.21. The number of ether oxygens (including phenoxy) is 1. The Balaban J connectivity index is 2.00. The minimum absolute atomic E-state index is 0.211. The van der Waals surface area contributed by atoms with Crippen LogP contribution in [0, 0.1) is 0 Å².